The second-order valence-corrected chi connectivity index (χ2v) is 4.83. The van der Waals surface area contributed by atoms with E-state index in [0.29, 0.717) is 25.9 Å². The molecule has 3 nitrogen and oxygen atoms in total. The first-order chi connectivity index (χ1) is 8.66. The molecular formula is C15H18N2O. The molecule has 0 aromatic heterocycles. The summed E-state index contributed by atoms with van der Waals surface area (Å²) in [5, 5.41) is 9.33. The highest BCUT2D eigenvalue weighted by Gasteiger charge is 2.40. The van der Waals surface area contributed by atoms with Crippen LogP contribution in [0.2, 0.25) is 0 Å². The molecule has 1 aliphatic heterocycles. The molecule has 94 valence electrons. The molecule has 0 radical (unpaired) electrons. The van der Waals surface area contributed by atoms with E-state index in [1.54, 1.807) is 4.90 Å². The molecule has 2 rings (SSSR count). The monoisotopic (exact) mass is 242 g/mol. The van der Waals surface area contributed by atoms with Crippen molar-refractivity contribution in [3.8, 4) is 6.07 Å². The average molecular weight is 242 g/mol. The van der Waals surface area contributed by atoms with E-state index in [1.807, 2.05) is 26.0 Å². The van der Waals surface area contributed by atoms with Crippen LogP contribution in [-0.4, -0.2) is 10.8 Å². The molecule has 0 saturated heterocycles. The molecule has 1 amide bonds. The first kappa shape index (κ1) is 12.6. The van der Waals surface area contributed by atoms with Crippen LogP contribution in [-0.2, 0) is 17.9 Å². The number of hydrogen-bond acceptors (Lipinski definition) is 2. The topological polar surface area (TPSA) is 44.1 Å². The molecule has 1 heterocycles. The fourth-order valence-corrected chi connectivity index (χ4v) is 2.54. The average Bonchev–Trinajstić information content (AvgIpc) is 2.85. The maximum absolute atomic E-state index is 12.5. The molecule has 1 aromatic carbocycles. The zero-order chi connectivity index (χ0) is 13.2. The van der Waals surface area contributed by atoms with Gasteiger partial charge < -0.3 is 4.90 Å². The quantitative estimate of drug-likeness (QED) is 0.818. The molecule has 18 heavy (non-hydrogen) atoms. The molecule has 0 aliphatic carbocycles. The van der Waals surface area contributed by atoms with E-state index in [0.717, 1.165) is 0 Å². The molecule has 0 unspecified atom stereocenters. The lowest BCUT2D eigenvalue weighted by molar-refractivity contribution is -0.140. The standard InChI is InChI=1S/C15H18N2O/c1-3-15(4-2,11-16)14(18)17-9-12-7-5-6-8-13(12)10-17/h5-8H,3-4,9-10H2,1-2H3. The van der Waals surface area contributed by atoms with Gasteiger partial charge in [-0.25, -0.2) is 0 Å². The van der Waals surface area contributed by atoms with Crippen molar-refractivity contribution in [2.45, 2.75) is 39.8 Å². The lowest BCUT2D eigenvalue weighted by Gasteiger charge is -2.28. The van der Waals surface area contributed by atoms with E-state index in [1.165, 1.54) is 11.1 Å². The predicted octanol–water partition coefficient (Wildman–Crippen LogP) is 2.86. The number of carbonyl (C=O) groups is 1. The van der Waals surface area contributed by atoms with Gasteiger partial charge in [-0.2, -0.15) is 5.26 Å². The number of rotatable bonds is 3. The number of nitriles is 1. The molecule has 0 N–H and O–H groups in total. The van der Waals surface area contributed by atoms with Gasteiger partial charge in [0.1, 0.15) is 5.41 Å². The molecule has 0 spiro atoms. The van der Waals surface area contributed by atoms with Crippen LogP contribution in [0.5, 0.6) is 0 Å². The Morgan fingerprint density at radius 3 is 2.17 bits per heavy atom. The summed E-state index contributed by atoms with van der Waals surface area (Å²) in [6.45, 7) is 5.10. The molecule has 3 heteroatoms. The second-order valence-electron chi connectivity index (χ2n) is 4.83. The minimum atomic E-state index is -0.845. The Kier molecular flexibility index (Phi) is 3.38. The van der Waals surface area contributed by atoms with Crippen molar-refractivity contribution < 1.29 is 4.79 Å². The Hall–Kier alpha value is -1.82. The SMILES string of the molecule is CCC(C#N)(CC)C(=O)N1Cc2ccccc2C1. The second kappa shape index (κ2) is 4.81. The highest BCUT2D eigenvalue weighted by atomic mass is 16.2. The van der Waals surface area contributed by atoms with Crippen molar-refractivity contribution in [2.24, 2.45) is 5.41 Å². The Morgan fingerprint density at radius 2 is 1.78 bits per heavy atom. The maximum Gasteiger partial charge on any atom is 0.243 e. The van der Waals surface area contributed by atoms with Crippen LogP contribution in [0.15, 0.2) is 24.3 Å². The van der Waals surface area contributed by atoms with Crippen LogP contribution >= 0.6 is 0 Å². The molecule has 0 bridgehead atoms. The molecule has 0 fully saturated rings. The van der Waals surface area contributed by atoms with Gasteiger partial charge in [0.2, 0.25) is 5.91 Å². The molecular weight excluding hydrogens is 224 g/mol. The summed E-state index contributed by atoms with van der Waals surface area (Å²) in [6.07, 6.45) is 1.15. The molecule has 1 aliphatic rings. The van der Waals surface area contributed by atoms with Gasteiger partial charge in [0.05, 0.1) is 6.07 Å². The third kappa shape index (κ3) is 1.88. The van der Waals surface area contributed by atoms with Gasteiger partial charge in [0, 0.05) is 13.1 Å². The highest BCUT2D eigenvalue weighted by Crippen LogP contribution is 2.32. The minimum absolute atomic E-state index is 0.0220. The van der Waals surface area contributed by atoms with Crippen LogP contribution in [0.3, 0.4) is 0 Å². The third-order valence-electron chi connectivity index (χ3n) is 3.96. The summed E-state index contributed by atoms with van der Waals surface area (Å²) < 4.78 is 0. The number of hydrogen-bond donors (Lipinski definition) is 0. The van der Waals surface area contributed by atoms with E-state index < -0.39 is 5.41 Å². The first-order valence-electron chi connectivity index (χ1n) is 6.44. The lowest BCUT2D eigenvalue weighted by atomic mass is 9.82. The van der Waals surface area contributed by atoms with E-state index in [2.05, 4.69) is 18.2 Å². The molecule has 0 saturated carbocycles. The molecule has 0 atom stereocenters. The van der Waals surface area contributed by atoms with Crippen molar-refractivity contribution >= 4 is 5.91 Å². The normalized spacial score (nSPS) is 14.2. The van der Waals surface area contributed by atoms with Gasteiger partial charge in [0.15, 0.2) is 0 Å². The Labute approximate surface area is 108 Å². The van der Waals surface area contributed by atoms with Gasteiger partial charge in [0.25, 0.3) is 0 Å². The van der Waals surface area contributed by atoms with Crippen molar-refractivity contribution in [1.29, 1.82) is 5.26 Å². The summed E-state index contributed by atoms with van der Waals surface area (Å²) in [4.78, 5) is 14.3. The fourth-order valence-electron chi connectivity index (χ4n) is 2.54. The number of carbonyl (C=O) groups excluding carboxylic acids is 1. The number of amides is 1. The molecule has 1 aromatic rings. The van der Waals surface area contributed by atoms with Crippen molar-refractivity contribution in [1.82, 2.24) is 4.90 Å². The van der Waals surface area contributed by atoms with Crippen LogP contribution in [0.4, 0.5) is 0 Å². The summed E-state index contributed by atoms with van der Waals surface area (Å²) in [5.74, 6) is -0.0220. The van der Waals surface area contributed by atoms with Crippen LogP contribution in [0.25, 0.3) is 0 Å². The summed E-state index contributed by atoms with van der Waals surface area (Å²) in [5.41, 5.74) is 1.55. The zero-order valence-electron chi connectivity index (χ0n) is 10.9. The fraction of sp³-hybridized carbons (Fsp3) is 0.467. The summed E-state index contributed by atoms with van der Waals surface area (Å²) in [7, 11) is 0. The van der Waals surface area contributed by atoms with Gasteiger partial charge >= 0.3 is 0 Å². The van der Waals surface area contributed by atoms with E-state index in [9.17, 15) is 10.1 Å². The van der Waals surface area contributed by atoms with Crippen LogP contribution in [0.1, 0.15) is 37.8 Å². The summed E-state index contributed by atoms with van der Waals surface area (Å²) >= 11 is 0. The van der Waals surface area contributed by atoms with Crippen molar-refractivity contribution in [3.05, 3.63) is 35.4 Å². The Balaban J connectivity index is 2.21. The highest BCUT2D eigenvalue weighted by molar-refractivity contribution is 5.85. The number of fused-ring (bicyclic) bond motifs is 1. The number of benzene rings is 1. The van der Waals surface area contributed by atoms with E-state index >= 15 is 0 Å². The first-order valence-corrected chi connectivity index (χ1v) is 6.44. The van der Waals surface area contributed by atoms with Gasteiger partial charge in [-0.15, -0.1) is 0 Å². The van der Waals surface area contributed by atoms with Crippen LogP contribution in [0, 0.1) is 16.7 Å². The third-order valence-corrected chi connectivity index (χ3v) is 3.96. The van der Waals surface area contributed by atoms with Crippen molar-refractivity contribution in [3.63, 3.8) is 0 Å². The smallest absolute Gasteiger partial charge is 0.243 e. The van der Waals surface area contributed by atoms with Gasteiger partial charge in [-0.1, -0.05) is 38.1 Å². The zero-order valence-corrected chi connectivity index (χ0v) is 10.9. The summed E-state index contributed by atoms with van der Waals surface area (Å²) in [6, 6.07) is 10.3. The lowest BCUT2D eigenvalue weighted by Crippen LogP contribution is -2.40. The number of nitrogens with zero attached hydrogens (tertiary/aromatic N) is 2. The van der Waals surface area contributed by atoms with Crippen LogP contribution < -0.4 is 0 Å². The van der Waals surface area contributed by atoms with E-state index in [4.69, 9.17) is 0 Å². The Bertz CT molecular complexity index is 472. The Morgan fingerprint density at radius 1 is 1.28 bits per heavy atom. The van der Waals surface area contributed by atoms with Crippen molar-refractivity contribution in [2.75, 3.05) is 0 Å². The van der Waals surface area contributed by atoms with E-state index in [-0.39, 0.29) is 5.91 Å². The predicted molar refractivity (Wildman–Crippen MR) is 69.3 cm³/mol. The maximum atomic E-state index is 12.5. The van der Waals surface area contributed by atoms with Gasteiger partial charge in [-0.3, -0.25) is 4.79 Å². The minimum Gasteiger partial charge on any atom is -0.333 e. The van der Waals surface area contributed by atoms with Gasteiger partial charge in [-0.05, 0) is 24.0 Å². The largest absolute Gasteiger partial charge is 0.333 e.